The van der Waals surface area contributed by atoms with E-state index in [0.717, 1.165) is 23.5 Å². The summed E-state index contributed by atoms with van der Waals surface area (Å²) in [4.78, 5) is 12.8. The third-order valence-corrected chi connectivity index (χ3v) is 4.68. The number of nitro groups is 1. The minimum atomic E-state index is -0.329. The van der Waals surface area contributed by atoms with E-state index in [0.29, 0.717) is 17.6 Å². The molecule has 1 aliphatic rings. The van der Waals surface area contributed by atoms with Gasteiger partial charge in [0.2, 0.25) is 0 Å². The lowest BCUT2D eigenvalue weighted by Gasteiger charge is -2.25. The standard InChI is InChI=1S/C12H15ClN2O2S/c1-14(10-4-5-18-8-10)11-3-2-9(7-13)6-12(11)15(16)17/h2-3,6,10H,4-5,7-8H2,1H3. The average molecular weight is 287 g/mol. The SMILES string of the molecule is CN(c1ccc(CCl)cc1[N+](=O)[O-])C1CCSC1. The second-order valence-corrected chi connectivity index (χ2v) is 5.76. The summed E-state index contributed by atoms with van der Waals surface area (Å²) in [6.45, 7) is 0. The summed E-state index contributed by atoms with van der Waals surface area (Å²) in [5, 5.41) is 11.1. The molecule has 6 heteroatoms. The molecule has 1 atom stereocenters. The number of thioether (sulfide) groups is 1. The molecule has 0 bridgehead atoms. The molecule has 1 saturated heterocycles. The van der Waals surface area contributed by atoms with Gasteiger partial charge in [0.05, 0.1) is 4.92 Å². The molecule has 1 aromatic rings. The van der Waals surface area contributed by atoms with Crippen molar-refractivity contribution in [2.75, 3.05) is 23.5 Å². The molecule has 1 aliphatic heterocycles. The number of hydrogen-bond donors (Lipinski definition) is 0. The summed E-state index contributed by atoms with van der Waals surface area (Å²) in [7, 11) is 1.93. The summed E-state index contributed by atoms with van der Waals surface area (Å²) in [6.07, 6.45) is 1.08. The van der Waals surface area contributed by atoms with Gasteiger partial charge in [-0.3, -0.25) is 10.1 Å². The minimum absolute atomic E-state index is 0.146. The molecule has 0 N–H and O–H groups in total. The first kappa shape index (κ1) is 13.5. The van der Waals surface area contributed by atoms with Crippen LogP contribution in [0.3, 0.4) is 0 Å². The van der Waals surface area contributed by atoms with Crippen molar-refractivity contribution in [2.24, 2.45) is 0 Å². The van der Waals surface area contributed by atoms with Crippen molar-refractivity contribution in [3.8, 4) is 0 Å². The summed E-state index contributed by atoms with van der Waals surface area (Å²) < 4.78 is 0. The number of alkyl halides is 1. The van der Waals surface area contributed by atoms with Crippen LogP contribution in [0.2, 0.25) is 0 Å². The molecule has 0 amide bonds. The molecule has 1 aromatic carbocycles. The van der Waals surface area contributed by atoms with Crippen molar-refractivity contribution >= 4 is 34.7 Å². The molecule has 0 saturated carbocycles. The Morgan fingerprint density at radius 3 is 2.94 bits per heavy atom. The minimum Gasteiger partial charge on any atom is -0.365 e. The fourth-order valence-corrected chi connectivity index (χ4v) is 3.55. The highest BCUT2D eigenvalue weighted by Crippen LogP contribution is 2.33. The lowest BCUT2D eigenvalue weighted by atomic mass is 10.1. The summed E-state index contributed by atoms with van der Waals surface area (Å²) in [5.41, 5.74) is 1.61. The number of anilines is 1. The van der Waals surface area contributed by atoms with Crippen molar-refractivity contribution < 1.29 is 4.92 Å². The van der Waals surface area contributed by atoms with Gasteiger partial charge in [0.15, 0.2) is 0 Å². The monoisotopic (exact) mass is 286 g/mol. The second-order valence-electron chi connectivity index (χ2n) is 4.34. The Balaban J connectivity index is 2.33. The van der Waals surface area contributed by atoms with Gasteiger partial charge >= 0.3 is 0 Å². The highest BCUT2D eigenvalue weighted by Gasteiger charge is 2.25. The number of nitrogens with zero attached hydrogens (tertiary/aromatic N) is 2. The van der Waals surface area contributed by atoms with Crippen LogP contribution in [-0.2, 0) is 5.88 Å². The molecule has 18 heavy (non-hydrogen) atoms. The van der Waals surface area contributed by atoms with E-state index < -0.39 is 0 Å². The second kappa shape index (κ2) is 5.80. The van der Waals surface area contributed by atoms with Crippen molar-refractivity contribution in [3.05, 3.63) is 33.9 Å². The molecular weight excluding hydrogens is 272 g/mol. The van der Waals surface area contributed by atoms with Gasteiger partial charge < -0.3 is 4.90 Å². The van der Waals surface area contributed by atoms with Gasteiger partial charge in [-0.15, -0.1) is 11.6 Å². The van der Waals surface area contributed by atoms with E-state index in [1.165, 1.54) is 0 Å². The van der Waals surface area contributed by atoms with Crippen LogP contribution in [0, 0.1) is 10.1 Å². The molecule has 1 heterocycles. The molecule has 0 spiro atoms. The highest BCUT2D eigenvalue weighted by molar-refractivity contribution is 7.99. The van der Waals surface area contributed by atoms with Crippen LogP contribution in [0.4, 0.5) is 11.4 Å². The zero-order chi connectivity index (χ0) is 13.1. The number of rotatable bonds is 4. The fraction of sp³-hybridized carbons (Fsp3) is 0.500. The third kappa shape index (κ3) is 2.72. The molecule has 98 valence electrons. The van der Waals surface area contributed by atoms with E-state index >= 15 is 0 Å². The first-order valence-corrected chi connectivity index (χ1v) is 7.46. The van der Waals surface area contributed by atoms with Crippen molar-refractivity contribution in [3.63, 3.8) is 0 Å². The Bertz CT molecular complexity index is 450. The maximum absolute atomic E-state index is 11.1. The first-order valence-electron chi connectivity index (χ1n) is 5.77. The quantitative estimate of drug-likeness (QED) is 0.484. The average Bonchev–Trinajstić information content (AvgIpc) is 2.91. The lowest BCUT2D eigenvalue weighted by molar-refractivity contribution is -0.384. The predicted octanol–water partition coefficient (Wildman–Crippen LogP) is 3.28. The van der Waals surface area contributed by atoms with Gasteiger partial charge in [0.1, 0.15) is 5.69 Å². The zero-order valence-corrected chi connectivity index (χ0v) is 11.7. The predicted molar refractivity (Wildman–Crippen MR) is 76.8 cm³/mol. The lowest BCUT2D eigenvalue weighted by Crippen LogP contribution is -2.31. The largest absolute Gasteiger partial charge is 0.365 e. The van der Waals surface area contributed by atoms with E-state index in [1.54, 1.807) is 12.1 Å². The van der Waals surface area contributed by atoms with Crippen LogP contribution in [0.1, 0.15) is 12.0 Å². The van der Waals surface area contributed by atoms with Crippen LogP contribution >= 0.6 is 23.4 Å². The molecule has 0 radical (unpaired) electrons. The maximum atomic E-state index is 11.1. The molecule has 1 unspecified atom stereocenters. The highest BCUT2D eigenvalue weighted by atomic mass is 35.5. The van der Waals surface area contributed by atoms with E-state index in [4.69, 9.17) is 11.6 Å². The van der Waals surface area contributed by atoms with Gasteiger partial charge in [0.25, 0.3) is 5.69 Å². The Kier molecular flexibility index (Phi) is 4.35. The van der Waals surface area contributed by atoms with E-state index in [-0.39, 0.29) is 10.6 Å². The number of hydrogen-bond acceptors (Lipinski definition) is 4. The Hall–Kier alpha value is -0.940. The van der Waals surface area contributed by atoms with Crippen LogP contribution in [-0.4, -0.2) is 29.5 Å². The van der Waals surface area contributed by atoms with Gasteiger partial charge in [-0.25, -0.2) is 0 Å². The van der Waals surface area contributed by atoms with Gasteiger partial charge in [-0.2, -0.15) is 11.8 Å². The van der Waals surface area contributed by atoms with Crippen molar-refractivity contribution in [1.29, 1.82) is 0 Å². The van der Waals surface area contributed by atoms with E-state index in [2.05, 4.69) is 0 Å². The molecule has 1 fully saturated rings. The normalized spacial score (nSPS) is 18.9. The van der Waals surface area contributed by atoms with E-state index in [9.17, 15) is 10.1 Å². The summed E-state index contributed by atoms with van der Waals surface area (Å²) in [5.74, 6) is 2.46. The molecule has 2 rings (SSSR count). The number of halogens is 1. The smallest absolute Gasteiger partial charge is 0.292 e. The molecule has 0 aromatic heterocycles. The Morgan fingerprint density at radius 1 is 1.61 bits per heavy atom. The van der Waals surface area contributed by atoms with Crippen molar-refractivity contribution in [1.82, 2.24) is 0 Å². The number of benzene rings is 1. The van der Waals surface area contributed by atoms with Gasteiger partial charge in [-0.1, -0.05) is 6.07 Å². The van der Waals surface area contributed by atoms with Crippen LogP contribution < -0.4 is 4.90 Å². The topological polar surface area (TPSA) is 46.4 Å². The van der Waals surface area contributed by atoms with Crippen molar-refractivity contribution in [2.45, 2.75) is 18.3 Å². The fourth-order valence-electron chi connectivity index (χ4n) is 2.12. The van der Waals surface area contributed by atoms with Crippen LogP contribution in [0.15, 0.2) is 18.2 Å². The summed E-state index contributed by atoms with van der Waals surface area (Å²) in [6, 6.07) is 5.61. The zero-order valence-electron chi connectivity index (χ0n) is 10.1. The Morgan fingerprint density at radius 2 is 2.39 bits per heavy atom. The maximum Gasteiger partial charge on any atom is 0.292 e. The van der Waals surface area contributed by atoms with Gasteiger partial charge in [-0.05, 0) is 23.8 Å². The molecular formula is C12H15ClN2O2S. The van der Waals surface area contributed by atoms with Crippen LogP contribution in [0.25, 0.3) is 0 Å². The summed E-state index contributed by atoms with van der Waals surface area (Å²) >= 11 is 7.62. The van der Waals surface area contributed by atoms with Gasteiger partial charge in [0, 0.05) is 30.8 Å². The number of nitro benzene ring substituents is 1. The third-order valence-electron chi connectivity index (χ3n) is 3.22. The molecule has 0 aliphatic carbocycles. The Labute approximate surface area is 115 Å². The van der Waals surface area contributed by atoms with E-state index in [1.807, 2.05) is 29.8 Å². The molecule has 4 nitrogen and oxygen atoms in total. The first-order chi connectivity index (χ1) is 8.63. The van der Waals surface area contributed by atoms with Crippen LogP contribution in [0.5, 0.6) is 0 Å².